The number of benzene rings is 1. The highest BCUT2D eigenvalue weighted by Gasteiger charge is 2.32. The van der Waals surface area contributed by atoms with Crippen LogP contribution < -0.4 is 15.4 Å². The molecule has 1 fully saturated rings. The number of fused-ring (bicyclic) bond motifs is 1. The van der Waals surface area contributed by atoms with Crippen LogP contribution in [0.15, 0.2) is 24.3 Å². The molecule has 0 aliphatic carbocycles. The molecular formula is C26H35N5O3. The molecule has 2 aromatic rings. The van der Waals surface area contributed by atoms with E-state index in [1.54, 1.807) is 11.8 Å². The Balaban J connectivity index is 1.37. The summed E-state index contributed by atoms with van der Waals surface area (Å²) in [5, 5.41) is 0. The van der Waals surface area contributed by atoms with Gasteiger partial charge in [0.1, 0.15) is 17.4 Å². The molecule has 0 saturated carbocycles. The van der Waals surface area contributed by atoms with E-state index in [4.69, 9.17) is 10.5 Å². The number of aromatic nitrogens is 2. The molecular weight excluding hydrogens is 430 g/mol. The number of hydrogen-bond acceptors (Lipinski definition) is 7. The zero-order valence-corrected chi connectivity index (χ0v) is 20.3. The zero-order valence-electron chi connectivity index (χ0n) is 20.3. The minimum Gasteiger partial charge on any atom is -0.463 e. The number of nitrogen functional groups attached to an aromatic ring is 1. The highest BCUT2D eigenvalue weighted by atomic mass is 16.5. The standard InChI is InChI=1S/C26H35N5O3/c1-3-4-13-34-26-28-24(27)22-15-23(33)31(25(22)29-26)17-21-7-5-20(6-8-21)16-30-11-9-19(10-12-30)14-18(2)32/h5-8,19H,3-4,9-17H2,1-2H3,(H2,27,28,29). The molecule has 8 heteroatoms. The lowest BCUT2D eigenvalue weighted by Crippen LogP contribution is -2.33. The SMILES string of the molecule is CCCCOc1nc(N)c2c(n1)N(Cc1ccc(CN3CCC(CC(C)=O)CC3)cc1)C(=O)C2. The van der Waals surface area contributed by atoms with Gasteiger partial charge < -0.3 is 15.3 Å². The van der Waals surface area contributed by atoms with Gasteiger partial charge in [0, 0.05) is 18.5 Å². The predicted molar refractivity (Wildman–Crippen MR) is 131 cm³/mol. The number of anilines is 2. The molecule has 3 heterocycles. The normalized spacial score (nSPS) is 16.6. The van der Waals surface area contributed by atoms with Gasteiger partial charge in [-0.3, -0.25) is 14.6 Å². The number of nitrogens with two attached hydrogens (primary N) is 1. The molecule has 0 unspecified atom stereocenters. The van der Waals surface area contributed by atoms with Crippen molar-refractivity contribution in [2.45, 2.75) is 65.5 Å². The first-order chi connectivity index (χ1) is 16.4. The Labute approximate surface area is 201 Å². The van der Waals surface area contributed by atoms with E-state index in [0.717, 1.165) is 50.9 Å². The summed E-state index contributed by atoms with van der Waals surface area (Å²) < 4.78 is 5.64. The van der Waals surface area contributed by atoms with E-state index in [9.17, 15) is 9.59 Å². The van der Waals surface area contributed by atoms with Gasteiger partial charge in [0.25, 0.3) is 0 Å². The van der Waals surface area contributed by atoms with Crippen molar-refractivity contribution in [2.75, 3.05) is 30.3 Å². The maximum atomic E-state index is 12.7. The number of carbonyl (C=O) groups is 2. The average molecular weight is 466 g/mol. The van der Waals surface area contributed by atoms with E-state index in [1.807, 2.05) is 0 Å². The van der Waals surface area contributed by atoms with Crippen LogP contribution >= 0.6 is 0 Å². The van der Waals surface area contributed by atoms with Crippen LogP contribution in [0.3, 0.4) is 0 Å². The molecule has 34 heavy (non-hydrogen) atoms. The van der Waals surface area contributed by atoms with Crippen LogP contribution in [0, 0.1) is 5.92 Å². The molecule has 1 saturated heterocycles. The van der Waals surface area contributed by atoms with Crippen LogP contribution in [0.4, 0.5) is 11.6 Å². The number of carbonyl (C=O) groups excluding carboxylic acids is 2. The molecule has 1 aromatic heterocycles. The Bertz CT molecular complexity index is 1020. The van der Waals surface area contributed by atoms with Crippen LogP contribution in [-0.2, 0) is 29.1 Å². The summed E-state index contributed by atoms with van der Waals surface area (Å²) in [6.07, 6.45) is 5.02. The second kappa shape index (κ2) is 11.0. The maximum absolute atomic E-state index is 12.7. The number of ether oxygens (including phenoxy) is 1. The maximum Gasteiger partial charge on any atom is 0.320 e. The minimum atomic E-state index is -0.0285. The van der Waals surface area contributed by atoms with E-state index in [1.165, 1.54) is 5.56 Å². The molecule has 1 amide bonds. The first-order valence-electron chi connectivity index (χ1n) is 12.3. The third-order valence-electron chi connectivity index (χ3n) is 6.66. The van der Waals surface area contributed by atoms with Crippen molar-refractivity contribution in [2.24, 2.45) is 5.92 Å². The molecule has 2 N–H and O–H groups in total. The van der Waals surface area contributed by atoms with Crippen molar-refractivity contribution in [3.05, 3.63) is 41.0 Å². The average Bonchev–Trinajstić information content (AvgIpc) is 3.12. The first kappa shape index (κ1) is 24.1. The zero-order chi connectivity index (χ0) is 24.1. The predicted octanol–water partition coefficient (Wildman–Crippen LogP) is 3.52. The highest BCUT2D eigenvalue weighted by molar-refractivity contribution is 6.01. The molecule has 0 bridgehead atoms. The van der Waals surface area contributed by atoms with E-state index < -0.39 is 0 Å². The number of rotatable bonds is 10. The van der Waals surface area contributed by atoms with Crippen molar-refractivity contribution in [1.29, 1.82) is 0 Å². The van der Waals surface area contributed by atoms with Crippen molar-refractivity contribution < 1.29 is 14.3 Å². The Morgan fingerprint density at radius 2 is 1.79 bits per heavy atom. The second-order valence-corrected chi connectivity index (χ2v) is 9.49. The van der Waals surface area contributed by atoms with Gasteiger partial charge in [-0.25, -0.2) is 0 Å². The highest BCUT2D eigenvalue weighted by Crippen LogP contribution is 2.33. The van der Waals surface area contributed by atoms with Crippen LogP contribution in [0.25, 0.3) is 0 Å². The molecule has 2 aliphatic rings. The smallest absolute Gasteiger partial charge is 0.320 e. The summed E-state index contributed by atoms with van der Waals surface area (Å²) in [7, 11) is 0. The van der Waals surface area contributed by atoms with Gasteiger partial charge in [-0.2, -0.15) is 9.97 Å². The molecule has 0 atom stereocenters. The quantitative estimate of drug-likeness (QED) is 0.536. The fourth-order valence-electron chi connectivity index (χ4n) is 4.71. The fraction of sp³-hybridized carbons (Fsp3) is 0.538. The van der Waals surface area contributed by atoms with Gasteiger partial charge in [-0.15, -0.1) is 0 Å². The number of unbranched alkanes of at least 4 members (excludes halogenated alkanes) is 1. The van der Waals surface area contributed by atoms with E-state index >= 15 is 0 Å². The Hall–Kier alpha value is -3.00. The van der Waals surface area contributed by atoms with E-state index in [-0.39, 0.29) is 18.3 Å². The fourth-order valence-corrected chi connectivity index (χ4v) is 4.71. The lowest BCUT2D eigenvalue weighted by Gasteiger charge is -2.31. The number of amides is 1. The van der Waals surface area contributed by atoms with Gasteiger partial charge in [-0.05, 0) is 56.3 Å². The topological polar surface area (TPSA) is 102 Å². The van der Waals surface area contributed by atoms with Crippen LogP contribution in [-0.4, -0.2) is 46.3 Å². The molecule has 0 radical (unpaired) electrons. The van der Waals surface area contributed by atoms with Gasteiger partial charge >= 0.3 is 6.01 Å². The summed E-state index contributed by atoms with van der Waals surface area (Å²) in [5.41, 5.74) is 9.07. The summed E-state index contributed by atoms with van der Waals surface area (Å²) in [6.45, 7) is 7.70. The largest absolute Gasteiger partial charge is 0.463 e. The van der Waals surface area contributed by atoms with Crippen molar-refractivity contribution in [3.63, 3.8) is 0 Å². The number of nitrogens with zero attached hydrogens (tertiary/aromatic N) is 4. The molecule has 1 aromatic carbocycles. The number of likely N-dealkylation sites (tertiary alicyclic amines) is 1. The van der Waals surface area contributed by atoms with Crippen LogP contribution in [0.5, 0.6) is 6.01 Å². The first-order valence-corrected chi connectivity index (χ1v) is 12.3. The molecule has 182 valence electrons. The Morgan fingerprint density at radius 3 is 2.44 bits per heavy atom. The van der Waals surface area contributed by atoms with Gasteiger partial charge in [0.15, 0.2) is 0 Å². The lowest BCUT2D eigenvalue weighted by molar-refractivity contribution is -0.118. The van der Waals surface area contributed by atoms with Crippen molar-refractivity contribution in [1.82, 2.24) is 14.9 Å². The molecule has 2 aliphatic heterocycles. The summed E-state index contributed by atoms with van der Waals surface area (Å²) in [5.74, 6) is 1.67. The Kier molecular flexibility index (Phi) is 7.77. The van der Waals surface area contributed by atoms with E-state index in [0.29, 0.717) is 48.5 Å². The van der Waals surface area contributed by atoms with Crippen LogP contribution in [0.2, 0.25) is 0 Å². The molecule has 0 spiro atoms. The summed E-state index contributed by atoms with van der Waals surface area (Å²) in [4.78, 5) is 36.9. The van der Waals surface area contributed by atoms with Crippen molar-refractivity contribution in [3.8, 4) is 6.01 Å². The number of Topliss-reactive ketones (excluding diaryl/α,β-unsaturated/α-hetero) is 1. The van der Waals surface area contributed by atoms with E-state index in [2.05, 4.69) is 46.1 Å². The van der Waals surface area contributed by atoms with Gasteiger partial charge in [0.05, 0.1) is 19.6 Å². The van der Waals surface area contributed by atoms with Crippen LogP contribution in [0.1, 0.15) is 62.6 Å². The summed E-state index contributed by atoms with van der Waals surface area (Å²) >= 11 is 0. The van der Waals surface area contributed by atoms with Gasteiger partial charge in [0.2, 0.25) is 5.91 Å². The van der Waals surface area contributed by atoms with Crippen molar-refractivity contribution >= 4 is 23.3 Å². The number of ketones is 1. The third-order valence-corrected chi connectivity index (χ3v) is 6.66. The third kappa shape index (κ3) is 5.91. The minimum absolute atomic E-state index is 0.0285. The number of piperidine rings is 1. The second-order valence-electron chi connectivity index (χ2n) is 9.49. The molecule has 8 nitrogen and oxygen atoms in total. The Morgan fingerprint density at radius 1 is 1.12 bits per heavy atom. The summed E-state index contributed by atoms with van der Waals surface area (Å²) in [6, 6.07) is 8.64. The van der Waals surface area contributed by atoms with Gasteiger partial charge in [-0.1, -0.05) is 37.6 Å². The monoisotopic (exact) mass is 465 g/mol. The molecule has 4 rings (SSSR count). The number of hydrogen-bond donors (Lipinski definition) is 1. The lowest BCUT2D eigenvalue weighted by atomic mass is 9.92.